The van der Waals surface area contributed by atoms with Crippen LogP contribution in [0, 0.1) is 0 Å². The Morgan fingerprint density at radius 2 is 1.82 bits per heavy atom. The standard InChI is InChI=1S/C14H20N2O4S2/c1-19-12-5-4-11(10-13(12)20-2)15-14(21-3)16-6-8-22(17,18)9-7-16/h4-5,10H,6-9H2,1-3H3. The highest BCUT2D eigenvalue weighted by molar-refractivity contribution is 8.13. The van der Waals surface area contributed by atoms with Crippen LogP contribution in [0.5, 0.6) is 11.5 Å². The first kappa shape index (κ1) is 17.0. The van der Waals surface area contributed by atoms with Crippen LogP contribution in [0.25, 0.3) is 0 Å². The lowest BCUT2D eigenvalue weighted by Gasteiger charge is -2.28. The number of aliphatic imine (C=N–C) groups is 1. The van der Waals surface area contributed by atoms with Gasteiger partial charge in [-0.25, -0.2) is 13.4 Å². The van der Waals surface area contributed by atoms with Gasteiger partial charge in [0.05, 0.1) is 31.4 Å². The van der Waals surface area contributed by atoms with E-state index < -0.39 is 9.84 Å². The van der Waals surface area contributed by atoms with E-state index in [0.717, 1.165) is 10.9 Å². The van der Waals surface area contributed by atoms with Crippen molar-refractivity contribution in [3.8, 4) is 11.5 Å². The van der Waals surface area contributed by atoms with Crippen LogP contribution in [-0.4, -0.2) is 63.6 Å². The predicted octanol–water partition coefficient (Wildman–Crippen LogP) is 1.78. The summed E-state index contributed by atoms with van der Waals surface area (Å²) in [6, 6.07) is 5.45. The maximum absolute atomic E-state index is 11.5. The number of hydrogen-bond acceptors (Lipinski definition) is 6. The Hall–Kier alpha value is -1.41. The molecule has 122 valence electrons. The van der Waals surface area contributed by atoms with Crippen LogP contribution in [0.15, 0.2) is 23.2 Å². The summed E-state index contributed by atoms with van der Waals surface area (Å²) >= 11 is 1.50. The van der Waals surface area contributed by atoms with Gasteiger partial charge in [0.25, 0.3) is 0 Å². The van der Waals surface area contributed by atoms with Crippen molar-refractivity contribution in [2.45, 2.75) is 0 Å². The lowest BCUT2D eigenvalue weighted by atomic mass is 10.3. The summed E-state index contributed by atoms with van der Waals surface area (Å²) in [5.74, 6) is 1.62. The average molecular weight is 344 g/mol. The van der Waals surface area contributed by atoms with Crippen molar-refractivity contribution in [2.75, 3.05) is 45.1 Å². The van der Waals surface area contributed by atoms with Crippen LogP contribution in [-0.2, 0) is 9.84 Å². The molecule has 1 saturated heterocycles. The zero-order valence-corrected chi connectivity index (χ0v) is 14.5. The number of thioether (sulfide) groups is 1. The first-order valence-electron chi connectivity index (χ1n) is 6.79. The van der Waals surface area contributed by atoms with E-state index in [-0.39, 0.29) is 11.5 Å². The van der Waals surface area contributed by atoms with E-state index in [2.05, 4.69) is 4.99 Å². The third-order valence-electron chi connectivity index (χ3n) is 3.39. The lowest BCUT2D eigenvalue weighted by Crippen LogP contribution is -2.42. The fraction of sp³-hybridized carbons (Fsp3) is 0.500. The summed E-state index contributed by atoms with van der Waals surface area (Å²) in [5, 5.41) is 0.808. The first-order chi connectivity index (χ1) is 10.5. The topological polar surface area (TPSA) is 68.2 Å². The number of amidine groups is 1. The maximum Gasteiger partial charge on any atom is 0.164 e. The normalized spacial score (nSPS) is 18.1. The maximum atomic E-state index is 11.5. The van der Waals surface area contributed by atoms with Crippen molar-refractivity contribution < 1.29 is 17.9 Å². The van der Waals surface area contributed by atoms with Gasteiger partial charge in [-0.15, -0.1) is 0 Å². The van der Waals surface area contributed by atoms with Crippen molar-refractivity contribution in [3.63, 3.8) is 0 Å². The molecule has 1 aromatic carbocycles. The van der Waals surface area contributed by atoms with E-state index in [4.69, 9.17) is 9.47 Å². The fourth-order valence-electron chi connectivity index (χ4n) is 2.15. The predicted molar refractivity (Wildman–Crippen MR) is 90.4 cm³/mol. The number of nitrogens with zero attached hydrogens (tertiary/aromatic N) is 2. The number of methoxy groups -OCH3 is 2. The molecule has 0 bridgehead atoms. The second kappa shape index (κ2) is 7.23. The summed E-state index contributed by atoms with van der Waals surface area (Å²) in [6.45, 7) is 0.963. The van der Waals surface area contributed by atoms with Gasteiger partial charge in [0.2, 0.25) is 0 Å². The molecule has 0 radical (unpaired) electrons. The number of hydrogen-bond donors (Lipinski definition) is 0. The average Bonchev–Trinajstić information content (AvgIpc) is 2.52. The number of rotatable bonds is 3. The Kier molecular flexibility index (Phi) is 5.57. The van der Waals surface area contributed by atoms with Crippen LogP contribution in [0.2, 0.25) is 0 Å². The summed E-state index contributed by atoms with van der Waals surface area (Å²) in [5.41, 5.74) is 0.746. The van der Waals surface area contributed by atoms with E-state index >= 15 is 0 Å². The molecule has 2 rings (SSSR count). The highest BCUT2D eigenvalue weighted by Gasteiger charge is 2.23. The molecule has 1 aliphatic rings. The lowest BCUT2D eigenvalue weighted by molar-refractivity contribution is 0.355. The molecule has 1 aliphatic heterocycles. The van der Waals surface area contributed by atoms with Gasteiger partial charge in [0, 0.05) is 19.2 Å². The van der Waals surface area contributed by atoms with Gasteiger partial charge in [-0.1, -0.05) is 11.8 Å². The molecule has 0 aromatic heterocycles. The molecule has 1 fully saturated rings. The molecular weight excluding hydrogens is 324 g/mol. The molecule has 0 spiro atoms. The Morgan fingerprint density at radius 3 is 2.36 bits per heavy atom. The summed E-state index contributed by atoms with van der Waals surface area (Å²) in [7, 11) is 0.273. The minimum absolute atomic E-state index is 0.179. The van der Waals surface area contributed by atoms with Crippen molar-refractivity contribution in [1.82, 2.24) is 4.90 Å². The number of benzene rings is 1. The summed E-state index contributed by atoms with van der Waals surface area (Å²) in [4.78, 5) is 6.61. The zero-order chi connectivity index (χ0) is 16.2. The van der Waals surface area contributed by atoms with Crippen molar-refractivity contribution >= 4 is 32.5 Å². The van der Waals surface area contributed by atoms with Gasteiger partial charge < -0.3 is 14.4 Å². The largest absolute Gasteiger partial charge is 0.493 e. The molecule has 0 aliphatic carbocycles. The van der Waals surface area contributed by atoms with Crippen LogP contribution < -0.4 is 9.47 Å². The highest BCUT2D eigenvalue weighted by Crippen LogP contribution is 2.31. The molecule has 1 heterocycles. The molecule has 22 heavy (non-hydrogen) atoms. The van der Waals surface area contributed by atoms with Crippen LogP contribution in [0.4, 0.5) is 5.69 Å². The van der Waals surface area contributed by atoms with E-state index in [1.54, 1.807) is 26.4 Å². The monoisotopic (exact) mass is 344 g/mol. The molecule has 0 saturated carbocycles. The van der Waals surface area contributed by atoms with Crippen molar-refractivity contribution in [3.05, 3.63) is 18.2 Å². The van der Waals surface area contributed by atoms with Crippen LogP contribution in [0.1, 0.15) is 0 Å². The second-order valence-corrected chi connectivity index (χ2v) is 7.85. The summed E-state index contributed by atoms with van der Waals surface area (Å²) < 4.78 is 33.5. The second-order valence-electron chi connectivity index (χ2n) is 4.78. The molecule has 0 unspecified atom stereocenters. The first-order valence-corrected chi connectivity index (χ1v) is 9.84. The zero-order valence-electron chi connectivity index (χ0n) is 12.9. The van der Waals surface area contributed by atoms with Gasteiger partial charge in [-0.2, -0.15) is 0 Å². The number of ether oxygens (including phenoxy) is 2. The molecule has 0 amide bonds. The third-order valence-corrected chi connectivity index (χ3v) is 5.71. The third kappa shape index (κ3) is 4.07. The van der Waals surface area contributed by atoms with Gasteiger partial charge in [-0.3, -0.25) is 0 Å². The minimum atomic E-state index is -2.89. The Labute approximate surface area is 135 Å². The smallest absolute Gasteiger partial charge is 0.164 e. The molecule has 8 heteroatoms. The van der Waals surface area contributed by atoms with Gasteiger partial charge in [0.15, 0.2) is 26.5 Å². The number of sulfone groups is 1. The Bertz CT molecular complexity index is 645. The molecule has 0 atom stereocenters. The van der Waals surface area contributed by atoms with Crippen molar-refractivity contribution in [1.29, 1.82) is 0 Å². The quantitative estimate of drug-likeness (QED) is 0.615. The van der Waals surface area contributed by atoms with E-state index in [9.17, 15) is 8.42 Å². The molecule has 0 N–H and O–H groups in total. The molecule has 6 nitrogen and oxygen atoms in total. The Morgan fingerprint density at radius 1 is 1.18 bits per heavy atom. The van der Waals surface area contributed by atoms with E-state index in [1.807, 2.05) is 17.2 Å². The Balaban J connectivity index is 2.22. The van der Waals surface area contributed by atoms with Crippen LogP contribution in [0.3, 0.4) is 0 Å². The van der Waals surface area contributed by atoms with Crippen LogP contribution >= 0.6 is 11.8 Å². The van der Waals surface area contributed by atoms with Crippen molar-refractivity contribution in [2.24, 2.45) is 4.99 Å². The highest BCUT2D eigenvalue weighted by atomic mass is 32.2. The van der Waals surface area contributed by atoms with Gasteiger partial charge >= 0.3 is 0 Å². The fourth-order valence-corrected chi connectivity index (χ4v) is 3.99. The van der Waals surface area contributed by atoms with E-state index in [0.29, 0.717) is 24.6 Å². The minimum Gasteiger partial charge on any atom is -0.493 e. The SMILES string of the molecule is COc1ccc(N=C(SC)N2CCS(=O)(=O)CC2)cc1OC. The van der Waals surface area contributed by atoms with E-state index in [1.165, 1.54) is 11.8 Å². The summed E-state index contributed by atoms with van der Waals surface area (Å²) in [6.07, 6.45) is 1.93. The molecular formula is C14H20N2O4S2. The van der Waals surface area contributed by atoms with Gasteiger partial charge in [0.1, 0.15) is 0 Å². The molecule has 1 aromatic rings. The van der Waals surface area contributed by atoms with Gasteiger partial charge in [-0.05, 0) is 18.4 Å².